The lowest BCUT2D eigenvalue weighted by molar-refractivity contribution is -0.143. The van der Waals surface area contributed by atoms with Gasteiger partial charge in [0.25, 0.3) is 0 Å². The summed E-state index contributed by atoms with van der Waals surface area (Å²) < 4.78 is 0. The number of primary amides is 1. The van der Waals surface area contributed by atoms with Crippen LogP contribution in [0.4, 0.5) is 0 Å². The summed E-state index contributed by atoms with van der Waals surface area (Å²) in [5, 5.41) is 3.57. The first-order valence-electron chi connectivity index (χ1n) is 14.0. The van der Waals surface area contributed by atoms with E-state index in [4.69, 9.17) is 5.73 Å². The quantitative estimate of drug-likeness (QED) is 0.354. The van der Waals surface area contributed by atoms with Crippen molar-refractivity contribution >= 4 is 12.2 Å². The van der Waals surface area contributed by atoms with Crippen LogP contribution in [0.15, 0.2) is 47.9 Å². The van der Waals surface area contributed by atoms with Gasteiger partial charge in [-0.05, 0) is 98.5 Å². The van der Waals surface area contributed by atoms with Crippen LogP contribution in [0.3, 0.4) is 0 Å². The van der Waals surface area contributed by atoms with Crippen molar-refractivity contribution in [1.29, 1.82) is 0 Å². The van der Waals surface area contributed by atoms with Gasteiger partial charge in [0, 0.05) is 23.7 Å². The maximum atomic E-state index is 13.1. The summed E-state index contributed by atoms with van der Waals surface area (Å²) in [5.41, 5.74) is 8.92. The molecule has 190 valence electrons. The van der Waals surface area contributed by atoms with Crippen LogP contribution in [0.1, 0.15) is 85.0 Å². The fourth-order valence-corrected chi connectivity index (χ4v) is 9.44. The third-order valence-corrected chi connectivity index (χ3v) is 11.4. The van der Waals surface area contributed by atoms with Gasteiger partial charge in [0.2, 0.25) is 5.91 Å². The summed E-state index contributed by atoms with van der Waals surface area (Å²) in [7, 11) is 0. The summed E-state index contributed by atoms with van der Waals surface area (Å²) in [5.74, 6) is 2.19. The van der Waals surface area contributed by atoms with E-state index >= 15 is 0 Å². The number of fused-ring (bicyclic) bond motifs is 5. The Labute approximate surface area is 211 Å². The number of rotatable bonds is 6. The molecule has 1 aliphatic heterocycles. The van der Waals surface area contributed by atoms with E-state index in [9.17, 15) is 9.59 Å². The second-order valence-electron chi connectivity index (χ2n) is 12.7. The molecule has 1 amide bonds. The van der Waals surface area contributed by atoms with E-state index in [1.807, 2.05) is 6.92 Å². The highest BCUT2D eigenvalue weighted by Crippen LogP contribution is 2.71. The van der Waals surface area contributed by atoms with Crippen molar-refractivity contribution in [3.05, 3.63) is 47.9 Å². The van der Waals surface area contributed by atoms with Gasteiger partial charge in [0.1, 0.15) is 6.29 Å². The van der Waals surface area contributed by atoms with E-state index in [1.165, 1.54) is 31.4 Å². The normalized spacial score (nSPS) is 42.9. The predicted octanol–water partition coefficient (Wildman–Crippen LogP) is 6.21. The summed E-state index contributed by atoms with van der Waals surface area (Å²) in [6.07, 6.45) is 24.9. The van der Waals surface area contributed by atoms with Crippen LogP contribution < -0.4 is 11.1 Å². The second kappa shape index (κ2) is 9.09. The topological polar surface area (TPSA) is 72.2 Å². The Bertz CT molecular complexity index is 992. The van der Waals surface area contributed by atoms with Crippen LogP contribution in [-0.2, 0) is 9.59 Å². The van der Waals surface area contributed by atoms with Crippen LogP contribution >= 0.6 is 0 Å². The number of amides is 1. The molecule has 0 radical (unpaired) electrons. The maximum Gasteiger partial charge on any atom is 0.224 e. The molecule has 35 heavy (non-hydrogen) atoms. The lowest BCUT2D eigenvalue weighted by Gasteiger charge is -2.60. The van der Waals surface area contributed by atoms with Crippen molar-refractivity contribution in [2.45, 2.75) is 85.0 Å². The number of nitrogens with two attached hydrogens (primary N) is 1. The molecule has 0 aromatic carbocycles. The fourth-order valence-electron chi connectivity index (χ4n) is 9.44. The summed E-state index contributed by atoms with van der Waals surface area (Å²) >= 11 is 0. The fraction of sp³-hybridized carbons (Fsp3) is 0.677. The van der Waals surface area contributed by atoms with E-state index in [0.29, 0.717) is 23.7 Å². The van der Waals surface area contributed by atoms with Gasteiger partial charge in [-0.1, -0.05) is 51.0 Å². The number of carbonyl (C=O) groups excluding carboxylic acids is 2. The zero-order valence-corrected chi connectivity index (χ0v) is 21.9. The molecule has 3 saturated carbocycles. The Morgan fingerprint density at radius 1 is 1.14 bits per heavy atom. The van der Waals surface area contributed by atoms with Crippen molar-refractivity contribution < 1.29 is 9.59 Å². The highest BCUT2D eigenvalue weighted by atomic mass is 16.1. The molecule has 0 aromatic heterocycles. The highest BCUT2D eigenvalue weighted by molar-refractivity contribution is 5.82. The Hall–Kier alpha value is -2.10. The Morgan fingerprint density at radius 3 is 2.71 bits per heavy atom. The van der Waals surface area contributed by atoms with Crippen LogP contribution in [0.5, 0.6) is 0 Å². The standard InChI is InChI=1S/C31H44N2O2/c1-21(20-34)12-17-31(28(32)35)18-14-26-22-10-11-24-23(27-9-5-4-6-19-33-27)8-7-15-29(24,2)25(22)13-16-30(26,31)3/h4-6,9,11,19-23,25-26,33H,7-8,10,12-18H2,1-3H3,(H2,32,35)/t21?,22-,23?,25+,26+,29+,30+,31-/m1/s1. The van der Waals surface area contributed by atoms with Gasteiger partial charge in [-0.15, -0.1) is 0 Å². The van der Waals surface area contributed by atoms with Crippen LogP contribution in [0, 0.1) is 45.8 Å². The number of aldehydes is 1. The maximum absolute atomic E-state index is 13.1. The van der Waals surface area contributed by atoms with Crippen molar-refractivity contribution in [3.63, 3.8) is 0 Å². The van der Waals surface area contributed by atoms with Crippen LogP contribution in [0.25, 0.3) is 0 Å². The van der Waals surface area contributed by atoms with E-state index in [1.54, 1.807) is 5.57 Å². The summed E-state index contributed by atoms with van der Waals surface area (Å²) in [4.78, 5) is 24.4. The first-order chi connectivity index (χ1) is 16.8. The number of nitrogens with one attached hydrogen (secondary N) is 1. The Morgan fingerprint density at radius 2 is 1.94 bits per heavy atom. The van der Waals surface area contributed by atoms with Gasteiger partial charge in [-0.3, -0.25) is 4.79 Å². The molecule has 8 atom stereocenters. The van der Waals surface area contributed by atoms with Gasteiger partial charge in [-0.25, -0.2) is 0 Å². The largest absolute Gasteiger partial charge is 0.369 e. The molecule has 0 spiro atoms. The minimum Gasteiger partial charge on any atom is -0.369 e. The molecular formula is C31H44N2O2. The van der Waals surface area contributed by atoms with Gasteiger partial charge in [0.05, 0.1) is 5.41 Å². The minimum atomic E-state index is -0.465. The first kappa shape index (κ1) is 24.6. The van der Waals surface area contributed by atoms with Crippen molar-refractivity contribution in [2.75, 3.05) is 0 Å². The smallest absolute Gasteiger partial charge is 0.224 e. The molecule has 5 rings (SSSR count). The SMILES string of the molecule is CC(C=O)CC[C@]1(C(N)=O)CC[C@H]2[C@@H]3CC=C4C(C5=CC=CC=CN5)CCC[C@]4(C)[C@H]3CC[C@@]21C. The summed E-state index contributed by atoms with van der Waals surface area (Å²) in [6.45, 7) is 6.89. The van der Waals surface area contributed by atoms with Gasteiger partial charge >= 0.3 is 0 Å². The van der Waals surface area contributed by atoms with E-state index in [2.05, 4.69) is 55.7 Å². The molecule has 5 aliphatic rings. The first-order valence-corrected chi connectivity index (χ1v) is 14.0. The van der Waals surface area contributed by atoms with Gasteiger partial charge in [0.15, 0.2) is 0 Å². The second-order valence-corrected chi connectivity index (χ2v) is 12.7. The monoisotopic (exact) mass is 476 g/mol. The molecule has 2 unspecified atom stereocenters. The molecule has 4 nitrogen and oxygen atoms in total. The number of allylic oxidation sites excluding steroid dienone is 6. The van der Waals surface area contributed by atoms with Gasteiger partial charge in [-0.2, -0.15) is 0 Å². The molecule has 3 fully saturated rings. The van der Waals surface area contributed by atoms with Crippen molar-refractivity contribution in [3.8, 4) is 0 Å². The zero-order chi connectivity index (χ0) is 24.8. The Balaban J connectivity index is 1.45. The summed E-state index contributed by atoms with van der Waals surface area (Å²) in [6, 6.07) is 0. The van der Waals surface area contributed by atoms with E-state index < -0.39 is 5.41 Å². The van der Waals surface area contributed by atoms with Crippen molar-refractivity contribution in [2.24, 2.45) is 51.6 Å². The van der Waals surface area contributed by atoms with E-state index in [-0.39, 0.29) is 22.7 Å². The lowest BCUT2D eigenvalue weighted by Crippen LogP contribution is -2.55. The number of carbonyl (C=O) groups is 2. The highest BCUT2D eigenvalue weighted by Gasteiger charge is 2.65. The molecule has 3 N–H and O–H groups in total. The Kier molecular flexibility index (Phi) is 6.38. The molecule has 1 heterocycles. The predicted molar refractivity (Wildman–Crippen MR) is 141 cm³/mol. The van der Waals surface area contributed by atoms with Crippen molar-refractivity contribution in [1.82, 2.24) is 5.32 Å². The van der Waals surface area contributed by atoms with Gasteiger partial charge < -0.3 is 15.8 Å². The minimum absolute atomic E-state index is 0.0138. The molecule has 4 heteroatoms. The van der Waals surface area contributed by atoms with Crippen LogP contribution in [-0.4, -0.2) is 12.2 Å². The molecule has 0 aromatic rings. The van der Waals surface area contributed by atoms with Crippen LogP contribution in [0.2, 0.25) is 0 Å². The number of hydrogen-bond donors (Lipinski definition) is 2. The third kappa shape index (κ3) is 3.69. The number of hydrogen-bond acceptors (Lipinski definition) is 3. The third-order valence-electron chi connectivity index (χ3n) is 11.4. The lowest BCUT2D eigenvalue weighted by atomic mass is 9.44. The average molecular weight is 477 g/mol. The molecule has 0 bridgehead atoms. The average Bonchev–Trinajstić information content (AvgIpc) is 2.98. The molecule has 0 saturated heterocycles. The molecule has 4 aliphatic carbocycles. The zero-order valence-electron chi connectivity index (χ0n) is 21.9. The van der Waals surface area contributed by atoms with E-state index in [0.717, 1.165) is 44.8 Å². The molecular weight excluding hydrogens is 432 g/mol.